The van der Waals surface area contributed by atoms with Crippen molar-refractivity contribution >= 4 is 5.97 Å². The molecule has 4 atom stereocenters. The van der Waals surface area contributed by atoms with Gasteiger partial charge in [-0.25, -0.2) is 4.79 Å². The Morgan fingerprint density at radius 3 is 2.71 bits per heavy atom. The maximum absolute atomic E-state index is 11.8. The Morgan fingerprint density at radius 1 is 1.24 bits per heavy atom. The van der Waals surface area contributed by atoms with Crippen molar-refractivity contribution in [1.29, 1.82) is 0 Å². The lowest BCUT2D eigenvalue weighted by Gasteiger charge is -2.44. The van der Waals surface area contributed by atoms with Gasteiger partial charge in [-0.05, 0) is 70.1 Å². The highest BCUT2D eigenvalue weighted by Gasteiger charge is 2.54. The average molecular weight is 234 g/mol. The molecule has 0 amide bonds. The first-order chi connectivity index (χ1) is 7.94. The van der Waals surface area contributed by atoms with Gasteiger partial charge in [0, 0.05) is 6.08 Å². The molecule has 0 N–H and O–H groups in total. The fourth-order valence-corrected chi connectivity index (χ4v) is 4.12. The molecule has 3 aliphatic carbocycles. The molecule has 3 aliphatic rings. The zero-order valence-corrected chi connectivity index (χ0v) is 11.0. The first-order valence-electron chi connectivity index (χ1n) is 6.88. The predicted molar refractivity (Wildman–Crippen MR) is 66.4 cm³/mol. The fourth-order valence-electron chi connectivity index (χ4n) is 4.12. The zero-order chi connectivity index (χ0) is 12.2. The van der Waals surface area contributed by atoms with Crippen LogP contribution in [-0.4, -0.2) is 11.6 Å². The quantitative estimate of drug-likeness (QED) is 0.514. The molecule has 0 saturated heterocycles. The van der Waals surface area contributed by atoms with Gasteiger partial charge in [0.1, 0.15) is 5.60 Å². The minimum Gasteiger partial charge on any atom is -0.457 e. The van der Waals surface area contributed by atoms with E-state index in [4.69, 9.17) is 4.74 Å². The summed E-state index contributed by atoms with van der Waals surface area (Å²) >= 11 is 0. The molecule has 0 radical (unpaired) electrons. The molecule has 3 fully saturated rings. The topological polar surface area (TPSA) is 26.3 Å². The normalized spacial score (nSPS) is 41.2. The number of carbonyl (C=O) groups is 1. The summed E-state index contributed by atoms with van der Waals surface area (Å²) in [7, 11) is 0. The predicted octanol–water partition coefficient (Wildman–Crippen LogP) is 3.32. The Morgan fingerprint density at radius 2 is 2.00 bits per heavy atom. The molecule has 0 spiro atoms. The van der Waals surface area contributed by atoms with E-state index in [0.29, 0.717) is 5.92 Å². The van der Waals surface area contributed by atoms with Gasteiger partial charge >= 0.3 is 5.97 Å². The van der Waals surface area contributed by atoms with Crippen LogP contribution >= 0.6 is 0 Å². The van der Waals surface area contributed by atoms with E-state index >= 15 is 0 Å². The monoisotopic (exact) mass is 234 g/mol. The van der Waals surface area contributed by atoms with Crippen LogP contribution in [0.1, 0.15) is 46.5 Å². The summed E-state index contributed by atoms with van der Waals surface area (Å²) in [5, 5.41) is 0. The second-order valence-electron chi connectivity index (χ2n) is 6.97. The van der Waals surface area contributed by atoms with E-state index in [2.05, 4.69) is 0 Å². The van der Waals surface area contributed by atoms with E-state index in [-0.39, 0.29) is 11.6 Å². The zero-order valence-electron chi connectivity index (χ0n) is 11.0. The third kappa shape index (κ3) is 1.92. The molecular weight excluding hydrogens is 212 g/mol. The van der Waals surface area contributed by atoms with Crippen molar-refractivity contribution in [3.63, 3.8) is 0 Å². The first kappa shape index (κ1) is 11.3. The van der Waals surface area contributed by atoms with Gasteiger partial charge in [-0.15, -0.1) is 0 Å². The van der Waals surface area contributed by atoms with Crippen molar-refractivity contribution < 1.29 is 9.53 Å². The molecule has 3 saturated carbocycles. The number of hydrogen-bond acceptors (Lipinski definition) is 2. The molecule has 0 aromatic heterocycles. The highest BCUT2D eigenvalue weighted by molar-refractivity contribution is 5.83. The van der Waals surface area contributed by atoms with E-state index in [1.807, 2.05) is 26.8 Å². The van der Waals surface area contributed by atoms with Crippen LogP contribution in [0.2, 0.25) is 0 Å². The van der Waals surface area contributed by atoms with Crippen LogP contribution < -0.4 is 0 Å². The minimum absolute atomic E-state index is 0.138. The molecule has 0 aromatic rings. The molecule has 2 heteroatoms. The second-order valence-corrected chi connectivity index (χ2v) is 6.97. The molecule has 0 aromatic carbocycles. The molecule has 0 heterocycles. The van der Waals surface area contributed by atoms with Crippen LogP contribution in [0.4, 0.5) is 0 Å². The number of rotatable bonds is 1. The second kappa shape index (κ2) is 3.60. The summed E-state index contributed by atoms with van der Waals surface area (Å²) in [5.41, 5.74) is 1.04. The Labute approximate surface area is 103 Å². The largest absolute Gasteiger partial charge is 0.457 e. The van der Waals surface area contributed by atoms with Crippen LogP contribution in [0, 0.1) is 23.7 Å². The third-order valence-corrected chi connectivity index (χ3v) is 4.66. The number of esters is 1. The molecule has 2 bridgehead atoms. The Balaban J connectivity index is 1.71. The van der Waals surface area contributed by atoms with Crippen molar-refractivity contribution in [2.75, 3.05) is 0 Å². The smallest absolute Gasteiger partial charge is 0.331 e. The third-order valence-electron chi connectivity index (χ3n) is 4.66. The average Bonchev–Trinajstić information content (AvgIpc) is 2.36. The summed E-state index contributed by atoms with van der Waals surface area (Å²) in [4.78, 5) is 11.8. The highest BCUT2D eigenvalue weighted by atomic mass is 16.6. The van der Waals surface area contributed by atoms with Crippen molar-refractivity contribution in [2.45, 2.75) is 52.1 Å². The summed E-state index contributed by atoms with van der Waals surface area (Å²) in [6, 6.07) is 0. The minimum atomic E-state index is -0.370. The van der Waals surface area contributed by atoms with Crippen molar-refractivity contribution in [3.8, 4) is 0 Å². The molecule has 94 valence electrons. The summed E-state index contributed by atoms with van der Waals surface area (Å²) in [5.74, 6) is 3.15. The molecular formula is C15H22O2. The number of fused-ring (bicyclic) bond motifs is 1. The number of ether oxygens (including phenoxy) is 1. The van der Waals surface area contributed by atoms with Crippen molar-refractivity contribution in [3.05, 3.63) is 11.6 Å². The van der Waals surface area contributed by atoms with E-state index in [1.54, 1.807) is 0 Å². The number of carbonyl (C=O) groups excluding carboxylic acids is 1. The lowest BCUT2D eigenvalue weighted by Crippen LogP contribution is -2.37. The SMILES string of the molecule is CC(C)(C)OC(=O)C=C1[C@H]2CC[C@@H]3C[C@H]2[C@H]1C3. The van der Waals surface area contributed by atoms with Crippen LogP contribution in [0.5, 0.6) is 0 Å². The standard InChI is InChI=1S/C15H22O2/c1-15(2,3)17-14(16)8-13-10-5-4-9-6-11(10)12(13)7-9/h8-12H,4-7H2,1-3H3/t9-,10+,11-,12-/m1/s1. The van der Waals surface area contributed by atoms with E-state index in [0.717, 1.165) is 17.8 Å². The molecule has 17 heavy (non-hydrogen) atoms. The summed E-state index contributed by atoms with van der Waals surface area (Å²) < 4.78 is 5.38. The number of allylic oxidation sites excluding steroid dienone is 1. The van der Waals surface area contributed by atoms with Crippen molar-refractivity contribution in [1.82, 2.24) is 0 Å². The Hall–Kier alpha value is -0.790. The van der Waals surface area contributed by atoms with Gasteiger partial charge < -0.3 is 4.74 Å². The van der Waals surface area contributed by atoms with Gasteiger partial charge in [0.05, 0.1) is 0 Å². The lowest BCUT2D eigenvalue weighted by molar-refractivity contribution is -0.148. The lowest BCUT2D eigenvalue weighted by atomic mass is 9.60. The van der Waals surface area contributed by atoms with Gasteiger partial charge in [0.25, 0.3) is 0 Å². The van der Waals surface area contributed by atoms with Crippen LogP contribution in [0.15, 0.2) is 11.6 Å². The molecule has 0 unspecified atom stereocenters. The maximum atomic E-state index is 11.8. The highest BCUT2D eigenvalue weighted by Crippen LogP contribution is 2.63. The fraction of sp³-hybridized carbons (Fsp3) is 0.800. The molecule has 3 rings (SSSR count). The van der Waals surface area contributed by atoms with E-state index < -0.39 is 0 Å². The van der Waals surface area contributed by atoms with Gasteiger partial charge in [-0.3, -0.25) is 0 Å². The van der Waals surface area contributed by atoms with Gasteiger partial charge in [0.2, 0.25) is 0 Å². The van der Waals surface area contributed by atoms with Gasteiger partial charge in [-0.2, -0.15) is 0 Å². The van der Waals surface area contributed by atoms with Crippen LogP contribution in [-0.2, 0) is 9.53 Å². The molecule has 0 aliphatic heterocycles. The number of hydrogen-bond donors (Lipinski definition) is 0. The van der Waals surface area contributed by atoms with Gasteiger partial charge in [-0.1, -0.05) is 5.57 Å². The summed E-state index contributed by atoms with van der Waals surface area (Å²) in [6.07, 6.45) is 7.24. The Bertz CT molecular complexity index is 367. The molecule has 2 nitrogen and oxygen atoms in total. The van der Waals surface area contributed by atoms with E-state index in [1.165, 1.54) is 31.3 Å². The van der Waals surface area contributed by atoms with Crippen LogP contribution in [0.25, 0.3) is 0 Å². The maximum Gasteiger partial charge on any atom is 0.331 e. The van der Waals surface area contributed by atoms with E-state index in [9.17, 15) is 4.79 Å². The first-order valence-corrected chi connectivity index (χ1v) is 6.88. The summed E-state index contributed by atoms with van der Waals surface area (Å²) in [6.45, 7) is 5.77. The Kier molecular flexibility index (Phi) is 2.39. The van der Waals surface area contributed by atoms with Crippen molar-refractivity contribution in [2.24, 2.45) is 23.7 Å². The van der Waals surface area contributed by atoms with Crippen LogP contribution in [0.3, 0.4) is 0 Å². The van der Waals surface area contributed by atoms with Gasteiger partial charge in [0.15, 0.2) is 0 Å².